The molecule has 0 aromatic heterocycles. The lowest BCUT2D eigenvalue weighted by molar-refractivity contribution is -0.137. The van der Waals surface area contributed by atoms with Gasteiger partial charge in [-0.05, 0) is 24.6 Å². The fourth-order valence-corrected chi connectivity index (χ4v) is 1.78. The minimum atomic E-state index is -4.50. The van der Waals surface area contributed by atoms with Crippen LogP contribution in [0.25, 0.3) is 0 Å². The number of benzene rings is 1. The van der Waals surface area contributed by atoms with E-state index in [-0.39, 0.29) is 23.8 Å². The number of carbonyl (C=O) groups excluding carboxylic acids is 1. The molecule has 0 aliphatic rings. The number of carbonyl (C=O) groups is 1. The van der Waals surface area contributed by atoms with Crippen molar-refractivity contribution in [3.63, 3.8) is 0 Å². The van der Waals surface area contributed by atoms with Crippen LogP contribution in [0.5, 0.6) is 0 Å². The van der Waals surface area contributed by atoms with Crippen LogP contribution in [0, 0.1) is 0 Å². The van der Waals surface area contributed by atoms with Crippen molar-refractivity contribution in [2.45, 2.75) is 12.6 Å². The molecule has 1 amide bonds. The SMILES string of the molecule is O=C(NCCCOCCO)c1ccc(C(F)(F)F)cc1Cl. The minimum absolute atomic E-state index is 0.0130. The molecule has 21 heavy (non-hydrogen) atoms. The third-order valence-electron chi connectivity index (χ3n) is 2.53. The maximum atomic E-state index is 12.5. The maximum absolute atomic E-state index is 12.5. The second kappa shape index (κ2) is 8.21. The van der Waals surface area contributed by atoms with Gasteiger partial charge in [0, 0.05) is 13.2 Å². The van der Waals surface area contributed by atoms with Gasteiger partial charge in [0.2, 0.25) is 0 Å². The molecule has 0 bridgehead atoms. The van der Waals surface area contributed by atoms with Crippen LogP contribution in [-0.2, 0) is 10.9 Å². The summed E-state index contributed by atoms with van der Waals surface area (Å²) >= 11 is 5.70. The van der Waals surface area contributed by atoms with E-state index in [9.17, 15) is 18.0 Å². The molecule has 0 saturated heterocycles. The monoisotopic (exact) mass is 325 g/mol. The first kappa shape index (κ1) is 17.7. The fraction of sp³-hybridized carbons (Fsp3) is 0.462. The summed E-state index contributed by atoms with van der Waals surface area (Å²) in [6.07, 6.45) is -3.98. The van der Waals surface area contributed by atoms with E-state index in [1.165, 1.54) is 0 Å². The summed E-state index contributed by atoms with van der Waals surface area (Å²) in [6.45, 7) is 0.801. The number of alkyl halides is 3. The molecule has 1 rings (SSSR count). The Morgan fingerprint density at radius 3 is 2.62 bits per heavy atom. The van der Waals surface area contributed by atoms with Gasteiger partial charge < -0.3 is 15.2 Å². The fourth-order valence-electron chi connectivity index (χ4n) is 1.51. The molecule has 0 spiro atoms. The zero-order chi connectivity index (χ0) is 15.9. The van der Waals surface area contributed by atoms with Crippen molar-refractivity contribution in [1.29, 1.82) is 0 Å². The predicted molar refractivity (Wildman–Crippen MR) is 71.3 cm³/mol. The van der Waals surface area contributed by atoms with Crippen LogP contribution < -0.4 is 5.32 Å². The summed E-state index contributed by atoms with van der Waals surface area (Å²) in [7, 11) is 0. The second-order valence-electron chi connectivity index (χ2n) is 4.14. The third kappa shape index (κ3) is 5.91. The first-order chi connectivity index (χ1) is 9.86. The van der Waals surface area contributed by atoms with Crippen molar-refractivity contribution in [2.75, 3.05) is 26.4 Å². The van der Waals surface area contributed by atoms with E-state index < -0.39 is 17.6 Å². The van der Waals surface area contributed by atoms with E-state index in [0.29, 0.717) is 19.6 Å². The number of amides is 1. The van der Waals surface area contributed by atoms with Gasteiger partial charge in [0.25, 0.3) is 5.91 Å². The Morgan fingerprint density at radius 1 is 1.33 bits per heavy atom. The van der Waals surface area contributed by atoms with Crippen molar-refractivity contribution in [2.24, 2.45) is 0 Å². The first-order valence-corrected chi connectivity index (χ1v) is 6.57. The Hall–Kier alpha value is -1.31. The van der Waals surface area contributed by atoms with E-state index in [1.54, 1.807) is 0 Å². The van der Waals surface area contributed by atoms with Crippen LogP contribution in [0.1, 0.15) is 22.3 Å². The molecule has 0 unspecified atom stereocenters. The number of ether oxygens (including phenoxy) is 1. The predicted octanol–water partition coefficient (Wildman–Crippen LogP) is 2.49. The van der Waals surface area contributed by atoms with Gasteiger partial charge in [0.15, 0.2) is 0 Å². The Bertz CT molecular complexity index is 480. The number of halogens is 4. The molecular formula is C13H15ClF3NO3. The van der Waals surface area contributed by atoms with Gasteiger partial charge in [-0.25, -0.2) is 0 Å². The lowest BCUT2D eigenvalue weighted by atomic mass is 10.1. The number of aliphatic hydroxyl groups is 1. The molecule has 1 aromatic rings. The highest BCUT2D eigenvalue weighted by molar-refractivity contribution is 6.33. The molecule has 0 aliphatic heterocycles. The molecule has 0 heterocycles. The topological polar surface area (TPSA) is 58.6 Å². The highest BCUT2D eigenvalue weighted by Crippen LogP contribution is 2.31. The molecule has 0 saturated carbocycles. The highest BCUT2D eigenvalue weighted by Gasteiger charge is 2.31. The smallest absolute Gasteiger partial charge is 0.394 e. The van der Waals surface area contributed by atoms with Crippen molar-refractivity contribution >= 4 is 17.5 Å². The van der Waals surface area contributed by atoms with Crippen LogP contribution in [0.2, 0.25) is 5.02 Å². The van der Waals surface area contributed by atoms with Gasteiger partial charge in [-0.3, -0.25) is 4.79 Å². The normalized spacial score (nSPS) is 11.5. The lowest BCUT2D eigenvalue weighted by Gasteiger charge is -2.10. The Morgan fingerprint density at radius 2 is 2.05 bits per heavy atom. The number of aliphatic hydroxyl groups excluding tert-OH is 1. The van der Waals surface area contributed by atoms with E-state index in [1.807, 2.05) is 0 Å². The van der Waals surface area contributed by atoms with Crippen LogP contribution in [0.4, 0.5) is 13.2 Å². The number of hydrogen-bond donors (Lipinski definition) is 2. The Kier molecular flexibility index (Phi) is 6.94. The van der Waals surface area contributed by atoms with E-state index in [0.717, 1.165) is 18.2 Å². The van der Waals surface area contributed by atoms with Crippen LogP contribution in [-0.4, -0.2) is 37.4 Å². The van der Waals surface area contributed by atoms with Crippen molar-refractivity contribution < 1.29 is 27.8 Å². The molecule has 0 radical (unpaired) electrons. The zero-order valence-electron chi connectivity index (χ0n) is 11.0. The molecule has 0 aliphatic carbocycles. The molecule has 118 valence electrons. The van der Waals surface area contributed by atoms with Crippen LogP contribution in [0.15, 0.2) is 18.2 Å². The van der Waals surface area contributed by atoms with Crippen molar-refractivity contribution in [3.05, 3.63) is 34.3 Å². The lowest BCUT2D eigenvalue weighted by Crippen LogP contribution is -2.25. The zero-order valence-corrected chi connectivity index (χ0v) is 11.8. The Balaban J connectivity index is 2.51. The average molecular weight is 326 g/mol. The molecule has 2 N–H and O–H groups in total. The molecule has 0 atom stereocenters. The summed E-state index contributed by atoms with van der Waals surface area (Å²) in [5, 5.41) is 10.8. The molecule has 8 heteroatoms. The van der Waals surface area contributed by atoms with Gasteiger partial charge in [-0.1, -0.05) is 11.6 Å². The molecule has 4 nitrogen and oxygen atoms in total. The van der Waals surface area contributed by atoms with Gasteiger partial charge in [0.1, 0.15) is 0 Å². The van der Waals surface area contributed by atoms with Crippen molar-refractivity contribution in [1.82, 2.24) is 5.32 Å². The van der Waals surface area contributed by atoms with Crippen LogP contribution >= 0.6 is 11.6 Å². The second-order valence-corrected chi connectivity index (χ2v) is 4.55. The summed E-state index contributed by atoms with van der Waals surface area (Å²) in [6, 6.07) is 2.58. The summed E-state index contributed by atoms with van der Waals surface area (Å²) < 4.78 is 42.4. The van der Waals surface area contributed by atoms with Crippen LogP contribution in [0.3, 0.4) is 0 Å². The van der Waals surface area contributed by atoms with Gasteiger partial charge >= 0.3 is 6.18 Å². The van der Waals surface area contributed by atoms with Gasteiger partial charge in [0.05, 0.1) is 29.4 Å². The first-order valence-electron chi connectivity index (χ1n) is 6.20. The standard InChI is InChI=1S/C13H15ClF3NO3/c14-11-8-9(13(15,16)17)2-3-10(11)12(20)18-4-1-6-21-7-5-19/h2-3,8,19H,1,4-7H2,(H,18,20). The average Bonchev–Trinajstić information content (AvgIpc) is 2.41. The number of rotatable bonds is 7. The summed E-state index contributed by atoms with van der Waals surface area (Å²) in [4.78, 5) is 11.8. The van der Waals surface area contributed by atoms with E-state index in [2.05, 4.69) is 5.32 Å². The van der Waals surface area contributed by atoms with E-state index in [4.69, 9.17) is 21.4 Å². The summed E-state index contributed by atoms with van der Waals surface area (Å²) in [5.74, 6) is -0.545. The maximum Gasteiger partial charge on any atom is 0.416 e. The van der Waals surface area contributed by atoms with Crippen molar-refractivity contribution in [3.8, 4) is 0 Å². The quantitative estimate of drug-likeness (QED) is 0.757. The minimum Gasteiger partial charge on any atom is -0.394 e. The number of nitrogens with one attached hydrogen (secondary N) is 1. The Labute approximate surface area is 124 Å². The van der Waals surface area contributed by atoms with E-state index >= 15 is 0 Å². The molecular weight excluding hydrogens is 311 g/mol. The van der Waals surface area contributed by atoms with Gasteiger partial charge in [-0.15, -0.1) is 0 Å². The highest BCUT2D eigenvalue weighted by atomic mass is 35.5. The van der Waals surface area contributed by atoms with Gasteiger partial charge in [-0.2, -0.15) is 13.2 Å². The molecule has 0 fully saturated rings. The molecule has 1 aromatic carbocycles. The number of hydrogen-bond acceptors (Lipinski definition) is 3. The largest absolute Gasteiger partial charge is 0.416 e. The summed E-state index contributed by atoms with van der Waals surface area (Å²) in [5.41, 5.74) is -0.914. The third-order valence-corrected chi connectivity index (χ3v) is 2.84.